The van der Waals surface area contributed by atoms with Crippen molar-refractivity contribution in [2.24, 2.45) is 0 Å². The van der Waals surface area contributed by atoms with Crippen LogP contribution in [0.25, 0.3) is 5.65 Å². The van der Waals surface area contributed by atoms with E-state index in [2.05, 4.69) is 20.1 Å². The Morgan fingerprint density at radius 1 is 1.08 bits per heavy atom. The Hall–Kier alpha value is -2.90. The average molecular weight is 342 g/mol. The van der Waals surface area contributed by atoms with Crippen molar-refractivity contribution in [2.75, 3.05) is 43.1 Å². The monoisotopic (exact) mass is 342 g/mol. The lowest BCUT2D eigenvalue weighted by molar-refractivity contribution is 0.413. The topological polar surface area (TPSA) is 58.8 Å². The molecular weight excluding hydrogens is 323 g/mol. The molecule has 0 atom stereocenters. The molecule has 0 spiro atoms. The zero-order valence-electron chi connectivity index (χ0n) is 14.2. The number of methoxy groups -OCH3 is 1. The molecule has 3 aromatic rings. The number of aromatic nitrogens is 4. The number of rotatable bonds is 3. The fourth-order valence-corrected chi connectivity index (χ4v) is 3.16. The molecule has 130 valence electrons. The Morgan fingerprint density at radius 2 is 1.84 bits per heavy atom. The summed E-state index contributed by atoms with van der Waals surface area (Å²) in [6.07, 6.45) is 1.66. The van der Waals surface area contributed by atoms with E-state index in [4.69, 9.17) is 4.74 Å². The fraction of sp³-hybridized carbons (Fsp3) is 0.353. The summed E-state index contributed by atoms with van der Waals surface area (Å²) >= 11 is 0. The first kappa shape index (κ1) is 15.6. The van der Waals surface area contributed by atoms with Gasteiger partial charge in [0.15, 0.2) is 5.65 Å². The molecule has 1 saturated heterocycles. The molecule has 0 bridgehead atoms. The lowest BCUT2D eigenvalue weighted by atomic mass is 10.2. The van der Waals surface area contributed by atoms with Crippen LogP contribution in [0.4, 0.5) is 15.9 Å². The number of fused-ring (bicyclic) bond motifs is 1. The predicted molar refractivity (Wildman–Crippen MR) is 92.9 cm³/mol. The van der Waals surface area contributed by atoms with Gasteiger partial charge in [-0.15, -0.1) is 10.2 Å². The first-order valence-corrected chi connectivity index (χ1v) is 8.16. The maximum atomic E-state index is 14.2. The van der Waals surface area contributed by atoms with Gasteiger partial charge in [0.2, 0.25) is 0 Å². The minimum absolute atomic E-state index is 0.229. The molecule has 4 rings (SSSR count). The Morgan fingerprint density at radius 3 is 2.60 bits per heavy atom. The van der Waals surface area contributed by atoms with Gasteiger partial charge in [0, 0.05) is 38.3 Å². The largest absolute Gasteiger partial charge is 0.497 e. The quantitative estimate of drug-likeness (QED) is 0.725. The molecule has 1 aliphatic heterocycles. The minimum Gasteiger partial charge on any atom is -0.497 e. The lowest BCUT2D eigenvalue weighted by Crippen LogP contribution is -2.47. The van der Waals surface area contributed by atoms with Crippen LogP contribution in [0.3, 0.4) is 0 Å². The fourth-order valence-electron chi connectivity index (χ4n) is 3.16. The molecule has 1 aliphatic rings. The summed E-state index contributed by atoms with van der Waals surface area (Å²) in [5, 5.41) is 8.02. The van der Waals surface area contributed by atoms with Crippen LogP contribution in [-0.2, 0) is 0 Å². The summed E-state index contributed by atoms with van der Waals surface area (Å²) in [7, 11) is 1.59. The molecule has 0 aliphatic carbocycles. The van der Waals surface area contributed by atoms with Crippen LogP contribution in [0.15, 0.2) is 30.6 Å². The van der Waals surface area contributed by atoms with Crippen LogP contribution in [0.2, 0.25) is 0 Å². The SMILES string of the molecule is COc1ccc(F)c(N2CCN(c3cc4nncn4c(C)n3)CC2)c1. The van der Waals surface area contributed by atoms with E-state index in [0.29, 0.717) is 24.5 Å². The summed E-state index contributed by atoms with van der Waals surface area (Å²) in [6, 6.07) is 6.76. The van der Waals surface area contributed by atoms with Crippen LogP contribution < -0.4 is 14.5 Å². The number of hydrogen-bond acceptors (Lipinski definition) is 6. The number of ether oxygens (including phenoxy) is 1. The lowest BCUT2D eigenvalue weighted by Gasteiger charge is -2.37. The van der Waals surface area contributed by atoms with Gasteiger partial charge in [-0.25, -0.2) is 9.37 Å². The van der Waals surface area contributed by atoms with Crippen molar-refractivity contribution in [3.05, 3.63) is 42.2 Å². The first-order valence-electron chi connectivity index (χ1n) is 8.16. The molecule has 1 fully saturated rings. The molecular formula is C17H19FN6O. The van der Waals surface area contributed by atoms with Crippen molar-refractivity contribution in [2.45, 2.75) is 6.92 Å². The number of anilines is 2. The second kappa shape index (κ2) is 6.19. The van der Waals surface area contributed by atoms with Crippen LogP contribution in [0.1, 0.15) is 5.82 Å². The second-order valence-electron chi connectivity index (χ2n) is 6.01. The third kappa shape index (κ3) is 2.84. The number of hydrogen-bond donors (Lipinski definition) is 0. The van der Waals surface area contributed by atoms with E-state index in [9.17, 15) is 4.39 Å². The average Bonchev–Trinajstić information content (AvgIpc) is 3.12. The van der Waals surface area contributed by atoms with Crippen molar-refractivity contribution in [3.63, 3.8) is 0 Å². The molecule has 7 nitrogen and oxygen atoms in total. The van der Waals surface area contributed by atoms with Gasteiger partial charge in [-0.3, -0.25) is 4.40 Å². The van der Waals surface area contributed by atoms with E-state index in [1.54, 1.807) is 25.6 Å². The van der Waals surface area contributed by atoms with Crippen LogP contribution in [0.5, 0.6) is 5.75 Å². The highest BCUT2D eigenvalue weighted by molar-refractivity contribution is 5.55. The third-order valence-electron chi connectivity index (χ3n) is 4.55. The zero-order valence-corrected chi connectivity index (χ0v) is 14.2. The molecule has 2 aromatic heterocycles. The molecule has 25 heavy (non-hydrogen) atoms. The second-order valence-corrected chi connectivity index (χ2v) is 6.01. The summed E-state index contributed by atoms with van der Waals surface area (Å²) in [5.41, 5.74) is 1.36. The van der Waals surface area contributed by atoms with Gasteiger partial charge in [-0.1, -0.05) is 0 Å². The maximum absolute atomic E-state index is 14.2. The van der Waals surface area contributed by atoms with E-state index in [0.717, 1.165) is 30.4 Å². The standard InChI is InChI=1S/C17H19FN6O/c1-12-20-16(10-17-21-19-11-24(12)17)23-7-5-22(6-8-23)15-9-13(25-2)3-4-14(15)18/h3-4,9-11H,5-8H2,1-2H3. The highest BCUT2D eigenvalue weighted by atomic mass is 19.1. The molecule has 8 heteroatoms. The van der Waals surface area contributed by atoms with Crippen LogP contribution in [0, 0.1) is 12.7 Å². The molecule has 1 aromatic carbocycles. The molecule has 0 unspecified atom stereocenters. The van der Waals surface area contributed by atoms with Gasteiger partial charge in [0.05, 0.1) is 12.8 Å². The Bertz CT molecular complexity index is 903. The van der Waals surface area contributed by atoms with E-state index in [-0.39, 0.29) is 5.82 Å². The molecule has 0 amide bonds. The smallest absolute Gasteiger partial charge is 0.165 e. The van der Waals surface area contributed by atoms with Gasteiger partial charge in [-0.05, 0) is 19.1 Å². The molecule has 0 N–H and O–H groups in total. The van der Waals surface area contributed by atoms with E-state index in [1.165, 1.54) is 6.07 Å². The normalized spacial score (nSPS) is 15.0. The van der Waals surface area contributed by atoms with Crippen molar-refractivity contribution in [1.82, 2.24) is 19.6 Å². The number of halogens is 1. The number of aryl methyl sites for hydroxylation is 1. The summed E-state index contributed by atoms with van der Waals surface area (Å²) in [6.45, 7) is 4.87. The van der Waals surface area contributed by atoms with Crippen molar-refractivity contribution >= 4 is 17.2 Å². The first-order chi connectivity index (χ1) is 12.2. The van der Waals surface area contributed by atoms with Gasteiger partial charge in [0.25, 0.3) is 0 Å². The molecule has 0 saturated carbocycles. The minimum atomic E-state index is -0.229. The number of benzene rings is 1. The predicted octanol–water partition coefficient (Wildman–Crippen LogP) is 1.91. The van der Waals surface area contributed by atoms with Gasteiger partial charge in [-0.2, -0.15) is 0 Å². The maximum Gasteiger partial charge on any atom is 0.165 e. The number of nitrogens with zero attached hydrogens (tertiary/aromatic N) is 6. The van der Waals surface area contributed by atoms with Crippen molar-refractivity contribution < 1.29 is 9.13 Å². The summed E-state index contributed by atoms with van der Waals surface area (Å²) in [5.74, 6) is 2.16. The van der Waals surface area contributed by atoms with Crippen molar-refractivity contribution in [3.8, 4) is 5.75 Å². The van der Waals surface area contributed by atoms with Crippen LogP contribution in [-0.4, -0.2) is 52.9 Å². The zero-order chi connectivity index (χ0) is 17.4. The van der Waals surface area contributed by atoms with E-state index >= 15 is 0 Å². The van der Waals surface area contributed by atoms with Crippen molar-refractivity contribution in [1.29, 1.82) is 0 Å². The van der Waals surface area contributed by atoms with Gasteiger partial charge in [0.1, 0.15) is 29.5 Å². The van der Waals surface area contributed by atoms with Crippen LogP contribution >= 0.6 is 0 Å². The number of piperazine rings is 1. The third-order valence-corrected chi connectivity index (χ3v) is 4.55. The highest BCUT2D eigenvalue weighted by Crippen LogP contribution is 2.27. The highest BCUT2D eigenvalue weighted by Gasteiger charge is 2.21. The van der Waals surface area contributed by atoms with Gasteiger partial charge >= 0.3 is 0 Å². The van der Waals surface area contributed by atoms with E-state index < -0.39 is 0 Å². The van der Waals surface area contributed by atoms with E-state index in [1.807, 2.05) is 22.3 Å². The van der Waals surface area contributed by atoms with Gasteiger partial charge < -0.3 is 14.5 Å². The Labute approximate surface area is 144 Å². The summed E-state index contributed by atoms with van der Waals surface area (Å²) < 4.78 is 21.2. The molecule has 0 radical (unpaired) electrons. The molecule has 3 heterocycles. The summed E-state index contributed by atoms with van der Waals surface area (Å²) in [4.78, 5) is 8.87. The Balaban J connectivity index is 1.53. The Kier molecular flexibility index (Phi) is 3.87.